The van der Waals surface area contributed by atoms with Crippen molar-refractivity contribution in [1.29, 1.82) is 0 Å². The molecule has 1 N–H and O–H groups in total. The molecule has 6 heteroatoms. The first-order chi connectivity index (χ1) is 12.1. The van der Waals surface area contributed by atoms with Crippen molar-refractivity contribution in [2.24, 2.45) is 5.10 Å². The first kappa shape index (κ1) is 19.0. The molecule has 25 heavy (non-hydrogen) atoms. The summed E-state index contributed by atoms with van der Waals surface area (Å²) >= 11 is 3.41. The third kappa shape index (κ3) is 5.90. The summed E-state index contributed by atoms with van der Waals surface area (Å²) in [5.74, 6) is 1.17. The number of carbonyl (C=O) groups is 1. The van der Waals surface area contributed by atoms with E-state index in [-0.39, 0.29) is 5.91 Å². The van der Waals surface area contributed by atoms with Gasteiger partial charge in [0.2, 0.25) is 0 Å². The van der Waals surface area contributed by atoms with Gasteiger partial charge >= 0.3 is 0 Å². The number of nitrogens with zero attached hydrogens (tertiary/aromatic N) is 1. The Balaban J connectivity index is 1.99. The number of hydrogen-bond donors (Lipinski definition) is 1. The number of halogens is 1. The molecule has 0 aliphatic carbocycles. The molecule has 0 unspecified atom stereocenters. The van der Waals surface area contributed by atoms with Gasteiger partial charge in [0.05, 0.1) is 19.4 Å². The smallest absolute Gasteiger partial charge is 0.271 e. The first-order valence-electron chi connectivity index (χ1n) is 8.12. The Labute approximate surface area is 156 Å². The summed E-state index contributed by atoms with van der Waals surface area (Å²) in [5, 5.41) is 4.02. The number of rotatable bonds is 8. The van der Waals surface area contributed by atoms with E-state index in [0.717, 1.165) is 22.2 Å². The van der Waals surface area contributed by atoms with E-state index in [9.17, 15) is 4.79 Å². The lowest BCUT2D eigenvalue weighted by Gasteiger charge is -2.07. The highest BCUT2D eigenvalue weighted by Gasteiger charge is 2.05. The van der Waals surface area contributed by atoms with E-state index in [1.165, 1.54) is 0 Å². The van der Waals surface area contributed by atoms with E-state index in [4.69, 9.17) is 9.47 Å². The molecule has 0 heterocycles. The lowest BCUT2D eigenvalue weighted by Crippen LogP contribution is -2.17. The second-order valence-electron chi connectivity index (χ2n) is 5.19. The van der Waals surface area contributed by atoms with Gasteiger partial charge in [-0.3, -0.25) is 4.79 Å². The summed E-state index contributed by atoms with van der Waals surface area (Å²) in [6, 6.07) is 12.6. The summed E-state index contributed by atoms with van der Waals surface area (Å²) < 4.78 is 11.9. The molecular formula is C19H21BrN2O3. The zero-order valence-electron chi connectivity index (χ0n) is 14.3. The number of benzene rings is 2. The Bertz CT molecular complexity index is 730. The van der Waals surface area contributed by atoms with Gasteiger partial charge in [-0.25, -0.2) is 5.43 Å². The topological polar surface area (TPSA) is 59.9 Å². The van der Waals surface area contributed by atoms with E-state index < -0.39 is 0 Å². The van der Waals surface area contributed by atoms with Crippen molar-refractivity contribution in [3.8, 4) is 11.5 Å². The van der Waals surface area contributed by atoms with Crippen molar-refractivity contribution >= 4 is 28.1 Å². The fourth-order valence-corrected chi connectivity index (χ4v) is 2.43. The van der Waals surface area contributed by atoms with Crippen LogP contribution in [0, 0.1) is 0 Å². The van der Waals surface area contributed by atoms with Gasteiger partial charge in [-0.2, -0.15) is 5.10 Å². The lowest BCUT2D eigenvalue weighted by atomic mass is 10.2. The highest BCUT2D eigenvalue weighted by atomic mass is 79.9. The van der Waals surface area contributed by atoms with Crippen LogP contribution in [0.25, 0.3) is 0 Å². The molecule has 5 nitrogen and oxygen atoms in total. The summed E-state index contributed by atoms with van der Waals surface area (Å²) in [7, 11) is 0. The van der Waals surface area contributed by atoms with E-state index in [2.05, 4.69) is 26.5 Å². The van der Waals surface area contributed by atoms with Gasteiger partial charge in [-0.1, -0.05) is 22.9 Å². The van der Waals surface area contributed by atoms with Gasteiger partial charge in [0, 0.05) is 15.6 Å². The Kier molecular flexibility index (Phi) is 7.47. The normalized spacial score (nSPS) is 10.7. The average molecular weight is 405 g/mol. The predicted molar refractivity (Wildman–Crippen MR) is 103 cm³/mol. The van der Waals surface area contributed by atoms with Crippen molar-refractivity contribution in [3.63, 3.8) is 0 Å². The SMILES string of the molecule is CCCOc1ccc(C(=O)NN=Cc2cc(Br)ccc2OCC)cc1. The Hall–Kier alpha value is -2.34. The van der Waals surface area contributed by atoms with E-state index in [1.807, 2.05) is 32.0 Å². The quantitative estimate of drug-likeness (QED) is 0.523. The van der Waals surface area contributed by atoms with Crippen LogP contribution in [0.15, 0.2) is 52.0 Å². The van der Waals surface area contributed by atoms with Crippen LogP contribution in [0.2, 0.25) is 0 Å². The molecule has 0 bridgehead atoms. The van der Waals surface area contributed by atoms with Gasteiger partial charge in [0.1, 0.15) is 11.5 Å². The molecule has 132 valence electrons. The van der Waals surface area contributed by atoms with Crippen molar-refractivity contribution < 1.29 is 14.3 Å². The minimum atomic E-state index is -0.286. The summed E-state index contributed by atoms with van der Waals surface area (Å²) in [6.45, 7) is 5.17. The molecule has 2 rings (SSSR count). The van der Waals surface area contributed by atoms with Crippen LogP contribution in [-0.2, 0) is 0 Å². The molecule has 0 aliphatic heterocycles. The van der Waals surface area contributed by atoms with E-state index >= 15 is 0 Å². The second-order valence-corrected chi connectivity index (χ2v) is 6.10. The molecule has 2 aromatic carbocycles. The molecule has 0 spiro atoms. The number of nitrogens with one attached hydrogen (secondary N) is 1. The molecule has 0 fully saturated rings. The number of amides is 1. The average Bonchev–Trinajstić information content (AvgIpc) is 2.62. The second kappa shape index (κ2) is 9.84. The number of ether oxygens (including phenoxy) is 2. The zero-order chi connectivity index (χ0) is 18.1. The lowest BCUT2D eigenvalue weighted by molar-refractivity contribution is 0.0955. The molecule has 0 aliphatic rings. The van der Waals surface area contributed by atoms with Crippen LogP contribution < -0.4 is 14.9 Å². The third-order valence-electron chi connectivity index (χ3n) is 3.23. The molecule has 0 saturated heterocycles. The summed E-state index contributed by atoms with van der Waals surface area (Å²) in [4.78, 5) is 12.1. The van der Waals surface area contributed by atoms with Crippen molar-refractivity contribution in [3.05, 3.63) is 58.1 Å². The first-order valence-corrected chi connectivity index (χ1v) is 8.92. The fourth-order valence-electron chi connectivity index (χ4n) is 2.05. The maximum absolute atomic E-state index is 12.1. The van der Waals surface area contributed by atoms with E-state index in [1.54, 1.807) is 30.5 Å². The highest BCUT2D eigenvalue weighted by Crippen LogP contribution is 2.21. The van der Waals surface area contributed by atoms with Crippen molar-refractivity contribution in [1.82, 2.24) is 5.43 Å². The monoisotopic (exact) mass is 404 g/mol. The minimum Gasteiger partial charge on any atom is -0.494 e. The van der Waals surface area contributed by atoms with Crippen LogP contribution in [-0.4, -0.2) is 25.3 Å². The van der Waals surface area contributed by atoms with Gasteiger partial charge in [-0.05, 0) is 55.8 Å². The molecule has 0 aromatic heterocycles. The number of hydrazone groups is 1. The molecule has 1 amide bonds. The van der Waals surface area contributed by atoms with Crippen molar-refractivity contribution in [2.75, 3.05) is 13.2 Å². The van der Waals surface area contributed by atoms with Crippen LogP contribution in [0.1, 0.15) is 36.2 Å². The standard InChI is InChI=1S/C19H21BrN2O3/c1-3-11-25-17-8-5-14(6-9-17)19(23)22-21-13-15-12-16(20)7-10-18(15)24-4-2/h5-10,12-13H,3-4,11H2,1-2H3,(H,22,23). The van der Waals surface area contributed by atoms with Crippen LogP contribution in [0.4, 0.5) is 0 Å². The summed E-state index contributed by atoms with van der Waals surface area (Å²) in [5.41, 5.74) is 3.81. The minimum absolute atomic E-state index is 0.286. The van der Waals surface area contributed by atoms with Gasteiger partial charge in [-0.15, -0.1) is 0 Å². The predicted octanol–water partition coefficient (Wildman–Crippen LogP) is 4.40. The van der Waals surface area contributed by atoms with Gasteiger partial charge in [0.25, 0.3) is 5.91 Å². The van der Waals surface area contributed by atoms with Gasteiger partial charge < -0.3 is 9.47 Å². The van der Waals surface area contributed by atoms with Gasteiger partial charge in [0.15, 0.2) is 0 Å². The van der Waals surface area contributed by atoms with Crippen LogP contribution in [0.5, 0.6) is 11.5 Å². The Morgan fingerprint density at radius 3 is 2.60 bits per heavy atom. The third-order valence-corrected chi connectivity index (χ3v) is 3.72. The largest absolute Gasteiger partial charge is 0.494 e. The summed E-state index contributed by atoms with van der Waals surface area (Å²) in [6.07, 6.45) is 2.50. The fraction of sp³-hybridized carbons (Fsp3) is 0.263. The maximum Gasteiger partial charge on any atom is 0.271 e. The Morgan fingerprint density at radius 2 is 1.92 bits per heavy atom. The molecule has 0 radical (unpaired) electrons. The number of carbonyl (C=O) groups excluding carboxylic acids is 1. The molecule has 0 atom stereocenters. The molecule has 0 saturated carbocycles. The van der Waals surface area contributed by atoms with Crippen LogP contribution in [0.3, 0.4) is 0 Å². The van der Waals surface area contributed by atoms with Crippen LogP contribution >= 0.6 is 15.9 Å². The number of hydrogen-bond acceptors (Lipinski definition) is 4. The molecular weight excluding hydrogens is 384 g/mol. The Morgan fingerprint density at radius 1 is 1.16 bits per heavy atom. The van der Waals surface area contributed by atoms with Crippen molar-refractivity contribution in [2.45, 2.75) is 20.3 Å². The maximum atomic E-state index is 12.1. The molecule has 2 aromatic rings. The van der Waals surface area contributed by atoms with E-state index in [0.29, 0.717) is 24.5 Å². The highest BCUT2D eigenvalue weighted by molar-refractivity contribution is 9.10. The zero-order valence-corrected chi connectivity index (χ0v) is 15.9.